The number of nitrogens with zero attached hydrogens (tertiary/aromatic N) is 3. The molecule has 4 heteroatoms. The molecule has 0 bridgehead atoms. The highest BCUT2D eigenvalue weighted by molar-refractivity contribution is 7.26. The van der Waals surface area contributed by atoms with Gasteiger partial charge in [-0.3, -0.25) is 0 Å². The van der Waals surface area contributed by atoms with E-state index < -0.39 is 0 Å². The fourth-order valence-electron chi connectivity index (χ4n) is 7.71. The normalized spacial score (nSPS) is 11.4. The minimum Gasteiger partial charge on any atom is -0.134 e. The lowest BCUT2D eigenvalue weighted by Crippen LogP contribution is -2.55. The molecule has 10 aromatic rings. The molecule has 0 saturated heterocycles. The van der Waals surface area contributed by atoms with Gasteiger partial charge in [-0.25, -0.2) is 0 Å². The van der Waals surface area contributed by atoms with Crippen LogP contribution in [0.1, 0.15) is 0 Å². The Hall–Kier alpha value is -6.75. The molecule has 0 spiro atoms. The first-order valence-corrected chi connectivity index (χ1v) is 18.7. The van der Waals surface area contributed by atoms with Crippen molar-refractivity contribution in [1.29, 1.82) is 0 Å². The zero-order valence-corrected chi connectivity index (χ0v) is 29.7. The van der Waals surface area contributed by atoms with Gasteiger partial charge in [0.2, 0.25) is 17.1 Å². The zero-order valence-electron chi connectivity index (χ0n) is 28.9. The lowest BCUT2D eigenvalue weighted by molar-refractivity contribution is -0.858. The van der Waals surface area contributed by atoms with E-state index in [9.17, 15) is 0 Å². The number of hydrogen-bond donors (Lipinski definition) is 0. The van der Waals surface area contributed by atoms with Crippen LogP contribution in [0.4, 0.5) is 0 Å². The van der Waals surface area contributed by atoms with E-state index in [1.165, 1.54) is 53.2 Å². The predicted molar refractivity (Wildman–Crippen MR) is 218 cm³/mol. The standard InChI is InChI=1S/C49H34N3S/c1-4-17-35(18-5-1)47-42-27-11-10-26-41(42)46(48-43-28-13-15-30-45(43)53-49(47)48)37-20-16-19-36(31-37)40-25-12-14-29-44(40)52-33-50(38-21-6-2-7-22-38)32-51(34-52)39-23-8-3-9-24-39/h1-34H/q+3. The van der Waals surface area contributed by atoms with Gasteiger partial charge >= 0.3 is 19.0 Å². The zero-order chi connectivity index (χ0) is 35.1. The molecule has 0 atom stereocenters. The molecule has 2 heterocycles. The average Bonchev–Trinajstić information content (AvgIpc) is 3.62. The quantitative estimate of drug-likeness (QED) is 0.153. The van der Waals surface area contributed by atoms with E-state index in [2.05, 4.69) is 221 Å². The SMILES string of the molecule is c1ccc(-c2c3ccccc3c(-c3cccc(-c4ccccc4-[n+]4c[n+](-c5ccccc5)c[n+](-c5ccccc5)c4)c3)c3c2sc2ccccc23)cc1. The van der Waals surface area contributed by atoms with Crippen LogP contribution in [0.15, 0.2) is 207 Å². The molecule has 2 aromatic heterocycles. The number of aromatic nitrogens is 3. The van der Waals surface area contributed by atoms with Gasteiger partial charge in [-0.1, -0.05) is 153 Å². The minimum absolute atomic E-state index is 1.09. The Morgan fingerprint density at radius 1 is 0.358 bits per heavy atom. The summed E-state index contributed by atoms with van der Waals surface area (Å²) in [5.74, 6) is 0. The van der Waals surface area contributed by atoms with Crippen LogP contribution in [-0.2, 0) is 0 Å². The fraction of sp³-hybridized carbons (Fsp3) is 0. The lowest BCUT2D eigenvalue weighted by atomic mass is 9.87. The second-order valence-corrected chi connectivity index (χ2v) is 14.4. The van der Waals surface area contributed by atoms with Gasteiger partial charge in [-0.05, 0) is 51.2 Å². The first kappa shape index (κ1) is 31.0. The van der Waals surface area contributed by atoms with Crippen molar-refractivity contribution in [3.8, 4) is 50.4 Å². The summed E-state index contributed by atoms with van der Waals surface area (Å²) < 4.78 is 9.22. The summed E-state index contributed by atoms with van der Waals surface area (Å²) in [5, 5.41) is 5.15. The second kappa shape index (κ2) is 13.1. The van der Waals surface area contributed by atoms with Crippen LogP contribution in [-0.4, -0.2) is 0 Å². The van der Waals surface area contributed by atoms with E-state index in [0.717, 1.165) is 28.2 Å². The van der Waals surface area contributed by atoms with Gasteiger partial charge in [0.1, 0.15) is 0 Å². The number of para-hydroxylation sites is 3. The molecular formula is C49H34N3S+3. The number of fused-ring (bicyclic) bond motifs is 4. The van der Waals surface area contributed by atoms with Gasteiger partial charge in [0.05, 0.1) is 5.56 Å². The predicted octanol–water partition coefficient (Wildman–Crippen LogP) is 11.0. The van der Waals surface area contributed by atoms with Crippen molar-refractivity contribution in [3.05, 3.63) is 207 Å². The van der Waals surface area contributed by atoms with Gasteiger partial charge in [-0.2, -0.15) is 0 Å². The number of rotatable bonds is 6. The first-order valence-electron chi connectivity index (χ1n) is 17.9. The highest BCUT2D eigenvalue weighted by atomic mass is 32.1. The Labute approximate surface area is 312 Å². The maximum absolute atomic E-state index is 2.38. The van der Waals surface area contributed by atoms with Crippen molar-refractivity contribution in [3.63, 3.8) is 0 Å². The summed E-state index contributed by atoms with van der Waals surface area (Å²) in [7, 11) is 0. The first-order chi connectivity index (χ1) is 26.3. The molecule has 8 aromatic carbocycles. The van der Waals surface area contributed by atoms with Crippen molar-refractivity contribution in [2.75, 3.05) is 0 Å². The Balaban J connectivity index is 1.20. The third-order valence-corrected chi connectivity index (χ3v) is 11.3. The summed E-state index contributed by atoms with van der Waals surface area (Å²) >= 11 is 1.90. The molecule has 0 saturated carbocycles. The van der Waals surface area contributed by atoms with Crippen molar-refractivity contribution in [1.82, 2.24) is 0 Å². The van der Waals surface area contributed by atoms with Crippen molar-refractivity contribution in [2.45, 2.75) is 0 Å². The van der Waals surface area contributed by atoms with E-state index in [1.807, 2.05) is 11.3 Å². The van der Waals surface area contributed by atoms with Gasteiger partial charge in [0.15, 0.2) is 0 Å². The minimum atomic E-state index is 1.09. The van der Waals surface area contributed by atoms with Gasteiger partial charge in [0, 0.05) is 56.1 Å². The summed E-state index contributed by atoms with van der Waals surface area (Å²) in [6.45, 7) is 0. The van der Waals surface area contributed by atoms with Crippen LogP contribution in [0, 0.1) is 0 Å². The third-order valence-electron chi connectivity index (χ3n) is 10.1. The second-order valence-electron chi connectivity index (χ2n) is 13.3. The van der Waals surface area contributed by atoms with Gasteiger partial charge in [-0.15, -0.1) is 11.3 Å². The molecular weight excluding hydrogens is 663 g/mol. The smallest absolute Gasteiger partial charge is 0.134 e. The number of hydrogen-bond acceptors (Lipinski definition) is 1. The average molecular weight is 697 g/mol. The maximum atomic E-state index is 2.38. The molecule has 0 aliphatic carbocycles. The largest absolute Gasteiger partial charge is 0.428 e. The molecule has 0 aliphatic rings. The lowest BCUT2D eigenvalue weighted by Gasteiger charge is -2.16. The van der Waals surface area contributed by atoms with Crippen LogP contribution in [0.5, 0.6) is 0 Å². The van der Waals surface area contributed by atoms with E-state index >= 15 is 0 Å². The molecule has 0 fully saturated rings. The topological polar surface area (TPSA) is 11.6 Å². The molecule has 53 heavy (non-hydrogen) atoms. The van der Waals surface area contributed by atoms with E-state index in [-0.39, 0.29) is 0 Å². The van der Waals surface area contributed by atoms with Crippen molar-refractivity contribution < 1.29 is 13.7 Å². The van der Waals surface area contributed by atoms with Gasteiger partial charge < -0.3 is 0 Å². The van der Waals surface area contributed by atoms with Crippen LogP contribution >= 0.6 is 11.3 Å². The fourth-order valence-corrected chi connectivity index (χ4v) is 9.00. The Kier molecular flexibility index (Phi) is 7.67. The van der Waals surface area contributed by atoms with Gasteiger partial charge in [0.25, 0.3) is 0 Å². The van der Waals surface area contributed by atoms with Crippen LogP contribution in [0.3, 0.4) is 0 Å². The molecule has 0 aliphatic heterocycles. The van der Waals surface area contributed by atoms with E-state index in [4.69, 9.17) is 0 Å². The Morgan fingerprint density at radius 3 is 1.57 bits per heavy atom. The molecule has 248 valence electrons. The molecule has 0 radical (unpaired) electrons. The summed E-state index contributed by atoms with van der Waals surface area (Å²) in [4.78, 5) is 0. The monoisotopic (exact) mass is 696 g/mol. The molecule has 0 unspecified atom stereocenters. The highest BCUT2D eigenvalue weighted by Crippen LogP contribution is 2.50. The summed E-state index contributed by atoms with van der Waals surface area (Å²) in [6.07, 6.45) is 6.45. The van der Waals surface area contributed by atoms with E-state index in [0.29, 0.717) is 0 Å². The molecule has 10 rings (SSSR count). The number of benzene rings is 8. The number of thiophene rings is 1. The Morgan fingerprint density at radius 2 is 0.868 bits per heavy atom. The highest BCUT2D eigenvalue weighted by Gasteiger charge is 2.27. The summed E-state index contributed by atoms with van der Waals surface area (Å²) in [6, 6.07) is 67.5. The van der Waals surface area contributed by atoms with Crippen molar-refractivity contribution in [2.24, 2.45) is 0 Å². The van der Waals surface area contributed by atoms with Crippen LogP contribution in [0.25, 0.3) is 81.4 Å². The van der Waals surface area contributed by atoms with Crippen LogP contribution in [0.2, 0.25) is 0 Å². The Bertz CT molecular complexity index is 2880. The molecule has 0 N–H and O–H groups in total. The summed E-state index contributed by atoms with van der Waals surface area (Å²) in [5.41, 5.74) is 10.6. The molecule has 0 amide bonds. The molecule has 3 nitrogen and oxygen atoms in total. The third kappa shape index (κ3) is 5.48. The van der Waals surface area contributed by atoms with E-state index in [1.54, 1.807) is 0 Å². The maximum Gasteiger partial charge on any atom is 0.428 e. The van der Waals surface area contributed by atoms with Crippen LogP contribution < -0.4 is 13.7 Å². The van der Waals surface area contributed by atoms with Crippen molar-refractivity contribution >= 4 is 42.3 Å².